The summed E-state index contributed by atoms with van der Waals surface area (Å²) in [5.41, 5.74) is 1.39. The van der Waals surface area contributed by atoms with Crippen LogP contribution >= 0.6 is 11.6 Å². The van der Waals surface area contributed by atoms with Crippen LogP contribution in [0.25, 0.3) is 0 Å². The van der Waals surface area contributed by atoms with Gasteiger partial charge in [-0.15, -0.1) is 0 Å². The number of halogens is 2. The Morgan fingerprint density at radius 1 is 1.13 bits per heavy atom. The number of pyridine rings is 1. The molecule has 2 amide bonds. The van der Waals surface area contributed by atoms with Gasteiger partial charge in [0.05, 0.1) is 5.02 Å². The zero-order valence-electron chi connectivity index (χ0n) is 12.2. The van der Waals surface area contributed by atoms with E-state index in [9.17, 15) is 14.0 Å². The minimum absolute atomic E-state index is 0.0930. The Labute approximate surface area is 137 Å². The fourth-order valence-electron chi connectivity index (χ4n) is 1.88. The molecule has 23 heavy (non-hydrogen) atoms. The molecule has 2 rings (SSSR count). The Bertz CT molecular complexity index is 695. The van der Waals surface area contributed by atoms with E-state index < -0.39 is 11.7 Å². The lowest BCUT2D eigenvalue weighted by atomic mass is 10.2. The van der Waals surface area contributed by atoms with Crippen molar-refractivity contribution in [1.82, 2.24) is 10.3 Å². The molecule has 0 radical (unpaired) electrons. The van der Waals surface area contributed by atoms with Crippen LogP contribution in [0.5, 0.6) is 0 Å². The molecule has 120 valence electrons. The van der Waals surface area contributed by atoms with Gasteiger partial charge in [-0.3, -0.25) is 14.6 Å². The third-order valence-electron chi connectivity index (χ3n) is 3.01. The topological polar surface area (TPSA) is 71.1 Å². The Morgan fingerprint density at radius 2 is 1.87 bits per heavy atom. The van der Waals surface area contributed by atoms with Crippen LogP contribution in [0.3, 0.4) is 0 Å². The lowest BCUT2D eigenvalue weighted by Crippen LogP contribution is -2.29. The van der Waals surface area contributed by atoms with Gasteiger partial charge in [-0.2, -0.15) is 0 Å². The maximum atomic E-state index is 13.0. The number of amides is 2. The molecule has 0 aliphatic rings. The number of hydrogen-bond donors (Lipinski definition) is 2. The van der Waals surface area contributed by atoms with Gasteiger partial charge in [-0.25, -0.2) is 4.39 Å². The second-order valence-corrected chi connectivity index (χ2v) is 5.22. The average Bonchev–Trinajstić information content (AvgIpc) is 2.52. The second kappa shape index (κ2) is 8.24. The molecule has 5 nitrogen and oxygen atoms in total. The molecular formula is C16H15ClFN3O2. The van der Waals surface area contributed by atoms with E-state index in [0.717, 1.165) is 11.6 Å². The zero-order chi connectivity index (χ0) is 16.7. The second-order valence-electron chi connectivity index (χ2n) is 4.81. The highest BCUT2D eigenvalue weighted by Crippen LogP contribution is 2.19. The number of benzene rings is 1. The summed E-state index contributed by atoms with van der Waals surface area (Å²) in [4.78, 5) is 27.3. The van der Waals surface area contributed by atoms with Gasteiger partial charge < -0.3 is 10.6 Å². The van der Waals surface area contributed by atoms with Crippen molar-refractivity contribution in [1.29, 1.82) is 0 Å². The largest absolute Gasteiger partial charge is 0.355 e. The van der Waals surface area contributed by atoms with Gasteiger partial charge >= 0.3 is 0 Å². The summed E-state index contributed by atoms with van der Waals surface area (Å²) in [7, 11) is 0. The van der Waals surface area contributed by atoms with E-state index in [4.69, 9.17) is 11.6 Å². The zero-order valence-corrected chi connectivity index (χ0v) is 12.9. The molecule has 0 spiro atoms. The maximum Gasteiger partial charge on any atom is 0.233 e. The number of hydrogen-bond acceptors (Lipinski definition) is 3. The standard InChI is InChI=1S/C16H15ClFN3O2/c17-13-9-12(1-2-14(13)18)21-16(23)10-15(22)20-8-5-11-3-6-19-7-4-11/h1-4,6-7,9H,5,8,10H2,(H,20,22)(H,21,23). The predicted octanol–water partition coefficient (Wildman–Crippen LogP) is 2.56. The van der Waals surface area contributed by atoms with Crippen LogP contribution in [0.15, 0.2) is 42.7 Å². The van der Waals surface area contributed by atoms with Gasteiger partial charge in [0, 0.05) is 24.6 Å². The highest BCUT2D eigenvalue weighted by atomic mass is 35.5. The number of anilines is 1. The molecule has 0 aliphatic heterocycles. The first-order valence-corrected chi connectivity index (χ1v) is 7.33. The molecular weight excluding hydrogens is 321 g/mol. The van der Waals surface area contributed by atoms with Crippen LogP contribution in [-0.2, 0) is 16.0 Å². The van der Waals surface area contributed by atoms with Crippen molar-refractivity contribution in [2.75, 3.05) is 11.9 Å². The van der Waals surface area contributed by atoms with Gasteiger partial charge in [0.15, 0.2) is 0 Å². The molecule has 1 aromatic heterocycles. The van der Waals surface area contributed by atoms with Gasteiger partial charge in [0.2, 0.25) is 11.8 Å². The fraction of sp³-hybridized carbons (Fsp3) is 0.188. The van der Waals surface area contributed by atoms with Crippen molar-refractivity contribution in [3.05, 3.63) is 59.1 Å². The van der Waals surface area contributed by atoms with Crippen LogP contribution in [0.4, 0.5) is 10.1 Å². The molecule has 0 fully saturated rings. The van der Waals surface area contributed by atoms with Gasteiger partial charge in [0.25, 0.3) is 0 Å². The number of rotatable bonds is 6. The van der Waals surface area contributed by atoms with Crippen LogP contribution in [0, 0.1) is 5.82 Å². The lowest BCUT2D eigenvalue weighted by Gasteiger charge is -2.07. The quantitative estimate of drug-likeness (QED) is 0.797. The fourth-order valence-corrected chi connectivity index (χ4v) is 2.06. The van der Waals surface area contributed by atoms with E-state index in [0.29, 0.717) is 18.7 Å². The minimum Gasteiger partial charge on any atom is -0.355 e. The summed E-state index contributed by atoms with van der Waals surface area (Å²) in [6.07, 6.45) is 3.70. The highest BCUT2D eigenvalue weighted by Gasteiger charge is 2.10. The van der Waals surface area contributed by atoms with Crippen LogP contribution in [0.1, 0.15) is 12.0 Å². The Morgan fingerprint density at radius 3 is 2.57 bits per heavy atom. The molecule has 0 saturated heterocycles. The summed E-state index contributed by atoms with van der Waals surface area (Å²) in [5, 5.41) is 5.06. The number of carbonyl (C=O) groups is 2. The van der Waals surface area contributed by atoms with Crippen molar-refractivity contribution in [3.63, 3.8) is 0 Å². The summed E-state index contributed by atoms with van der Waals surface area (Å²) in [6.45, 7) is 0.429. The van der Waals surface area contributed by atoms with Gasteiger partial charge in [-0.05, 0) is 42.3 Å². The van der Waals surface area contributed by atoms with E-state index in [-0.39, 0.29) is 17.4 Å². The Hall–Kier alpha value is -2.47. The Balaban J connectivity index is 1.74. The first-order chi connectivity index (χ1) is 11.0. The van der Waals surface area contributed by atoms with Crippen LogP contribution in [0.2, 0.25) is 5.02 Å². The Kier molecular flexibility index (Phi) is 6.05. The minimum atomic E-state index is -0.571. The molecule has 1 aromatic carbocycles. The molecule has 2 aromatic rings. The maximum absolute atomic E-state index is 13.0. The summed E-state index contributed by atoms with van der Waals surface area (Å²) >= 11 is 5.62. The average molecular weight is 336 g/mol. The van der Waals surface area contributed by atoms with E-state index >= 15 is 0 Å². The number of nitrogens with one attached hydrogen (secondary N) is 2. The summed E-state index contributed by atoms with van der Waals surface area (Å²) in [5.74, 6) is -1.45. The third-order valence-corrected chi connectivity index (χ3v) is 3.30. The van der Waals surface area contributed by atoms with Crippen LogP contribution in [-0.4, -0.2) is 23.3 Å². The highest BCUT2D eigenvalue weighted by molar-refractivity contribution is 6.31. The van der Waals surface area contributed by atoms with Crippen molar-refractivity contribution in [3.8, 4) is 0 Å². The van der Waals surface area contributed by atoms with Crippen molar-refractivity contribution >= 4 is 29.1 Å². The van der Waals surface area contributed by atoms with Crippen LogP contribution < -0.4 is 10.6 Å². The van der Waals surface area contributed by atoms with E-state index in [1.54, 1.807) is 12.4 Å². The van der Waals surface area contributed by atoms with Gasteiger partial charge in [0.1, 0.15) is 12.2 Å². The first-order valence-electron chi connectivity index (χ1n) is 6.95. The van der Waals surface area contributed by atoms with Crippen molar-refractivity contribution in [2.24, 2.45) is 0 Å². The SMILES string of the molecule is O=C(CC(=O)Nc1ccc(F)c(Cl)c1)NCCc1ccncc1. The molecule has 0 saturated carbocycles. The van der Waals surface area contributed by atoms with Gasteiger partial charge in [-0.1, -0.05) is 11.6 Å². The smallest absolute Gasteiger partial charge is 0.233 e. The van der Waals surface area contributed by atoms with E-state index in [2.05, 4.69) is 15.6 Å². The van der Waals surface area contributed by atoms with E-state index in [1.807, 2.05) is 12.1 Å². The molecule has 7 heteroatoms. The lowest BCUT2D eigenvalue weighted by molar-refractivity contribution is -0.126. The summed E-state index contributed by atoms with van der Waals surface area (Å²) < 4.78 is 13.0. The third kappa shape index (κ3) is 5.67. The van der Waals surface area contributed by atoms with E-state index in [1.165, 1.54) is 12.1 Å². The van der Waals surface area contributed by atoms with Crippen molar-refractivity contribution < 1.29 is 14.0 Å². The molecule has 2 N–H and O–H groups in total. The molecule has 0 atom stereocenters. The summed E-state index contributed by atoms with van der Waals surface area (Å²) in [6, 6.07) is 7.53. The molecule has 1 heterocycles. The molecule has 0 aliphatic carbocycles. The molecule has 0 unspecified atom stereocenters. The number of carbonyl (C=O) groups excluding carboxylic acids is 2. The van der Waals surface area contributed by atoms with Crippen molar-refractivity contribution in [2.45, 2.75) is 12.8 Å². The first kappa shape index (κ1) is 16.9. The molecule has 0 bridgehead atoms. The monoisotopic (exact) mass is 335 g/mol. The number of aromatic nitrogens is 1. The predicted molar refractivity (Wildman–Crippen MR) is 85.6 cm³/mol. The normalized spacial score (nSPS) is 10.2. The number of nitrogens with zero attached hydrogens (tertiary/aromatic N) is 1.